The molecular weight excluding hydrogens is 324 g/mol. The normalized spacial score (nSPS) is 12.4. The third-order valence-electron chi connectivity index (χ3n) is 4.28. The summed E-state index contributed by atoms with van der Waals surface area (Å²) in [5, 5.41) is 14.0. The monoisotopic (exact) mass is 352 g/mol. The number of amides is 1. The molecule has 2 N–H and O–H groups in total. The van der Waals surface area contributed by atoms with Crippen molar-refractivity contribution in [1.29, 1.82) is 0 Å². The van der Waals surface area contributed by atoms with E-state index >= 15 is 0 Å². The van der Waals surface area contributed by atoms with E-state index in [1.54, 1.807) is 18.2 Å². The van der Waals surface area contributed by atoms with Crippen molar-refractivity contribution in [3.05, 3.63) is 64.7 Å². The van der Waals surface area contributed by atoms with Gasteiger partial charge in [0.2, 0.25) is 0 Å². The molecule has 0 saturated heterocycles. The van der Waals surface area contributed by atoms with Crippen molar-refractivity contribution in [3.8, 4) is 5.75 Å². The molecule has 0 aliphatic heterocycles. The highest BCUT2D eigenvalue weighted by Gasteiger charge is 2.15. The van der Waals surface area contributed by atoms with Gasteiger partial charge in [0.1, 0.15) is 5.75 Å². The van der Waals surface area contributed by atoms with Crippen LogP contribution in [0, 0.1) is 0 Å². The van der Waals surface area contributed by atoms with E-state index in [4.69, 9.17) is 0 Å². The summed E-state index contributed by atoms with van der Waals surface area (Å²) in [6.07, 6.45) is 1.46. The first-order valence-corrected chi connectivity index (χ1v) is 8.76. The molecule has 4 heteroatoms. The molecule has 0 aliphatic rings. The van der Waals surface area contributed by atoms with Crippen LogP contribution in [-0.4, -0.2) is 17.2 Å². The largest absolute Gasteiger partial charge is 0.507 e. The highest BCUT2D eigenvalue weighted by molar-refractivity contribution is 5.95. The first-order chi connectivity index (χ1) is 12.0. The first-order valence-electron chi connectivity index (χ1n) is 8.76. The van der Waals surface area contributed by atoms with Crippen molar-refractivity contribution < 1.29 is 9.90 Å². The van der Waals surface area contributed by atoms with Gasteiger partial charge in [-0.3, -0.25) is 4.79 Å². The van der Waals surface area contributed by atoms with Gasteiger partial charge in [0, 0.05) is 11.1 Å². The zero-order valence-corrected chi connectivity index (χ0v) is 16.4. The molecule has 4 nitrogen and oxygen atoms in total. The Morgan fingerprint density at radius 2 is 1.46 bits per heavy atom. The molecule has 0 atom stereocenters. The Balaban J connectivity index is 2.10. The summed E-state index contributed by atoms with van der Waals surface area (Å²) in [5.74, 6) is -0.154. The van der Waals surface area contributed by atoms with Crippen LogP contribution in [0.2, 0.25) is 0 Å². The van der Waals surface area contributed by atoms with Gasteiger partial charge in [-0.15, -0.1) is 0 Å². The van der Waals surface area contributed by atoms with Crippen molar-refractivity contribution in [2.45, 2.75) is 52.4 Å². The lowest BCUT2D eigenvalue weighted by Gasteiger charge is -2.19. The lowest BCUT2D eigenvalue weighted by Crippen LogP contribution is -2.18. The number of phenolic OH excluding ortho intramolecular Hbond substituents is 1. The molecule has 0 aliphatic carbocycles. The van der Waals surface area contributed by atoms with Crippen LogP contribution in [-0.2, 0) is 10.8 Å². The molecule has 2 aromatic carbocycles. The van der Waals surface area contributed by atoms with Gasteiger partial charge in [0.15, 0.2) is 0 Å². The summed E-state index contributed by atoms with van der Waals surface area (Å²) < 4.78 is 0. The van der Waals surface area contributed by atoms with Gasteiger partial charge in [-0.2, -0.15) is 5.10 Å². The van der Waals surface area contributed by atoms with Crippen molar-refractivity contribution >= 4 is 12.1 Å². The molecule has 138 valence electrons. The maximum atomic E-state index is 12.2. The summed E-state index contributed by atoms with van der Waals surface area (Å²) in [7, 11) is 0. The van der Waals surface area contributed by atoms with Crippen LogP contribution in [0.15, 0.2) is 47.6 Å². The fraction of sp³-hybridized carbons (Fsp3) is 0.364. The lowest BCUT2D eigenvalue weighted by molar-refractivity contribution is 0.0955. The molecule has 0 fully saturated rings. The number of rotatable bonds is 3. The molecule has 0 heterocycles. The minimum Gasteiger partial charge on any atom is -0.507 e. The number of nitrogens with zero attached hydrogens (tertiary/aromatic N) is 1. The van der Waals surface area contributed by atoms with E-state index in [1.165, 1.54) is 11.8 Å². The Labute approximate surface area is 156 Å². The van der Waals surface area contributed by atoms with Crippen molar-refractivity contribution in [2.24, 2.45) is 5.10 Å². The summed E-state index contributed by atoms with van der Waals surface area (Å²) >= 11 is 0. The van der Waals surface area contributed by atoms with E-state index < -0.39 is 0 Å². The lowest BCUT2D eigenvalue weighted by atomic mass is 9.86. The van der Waals surface area contributed by atoms with E-state index in [1.807, 2.05) is 24.3 Å². The second kappa shape index (κ2) is 7.32. The quantitative estimate of drug-likeness (QED) is 0.618. The topological polar surface area (TPSA) is 61.7 Å². The zero-order valence-electron chi connectivity index (χ0n) is 16.4. The number of hydrogen-bond acceptors (Lipinski definition) is 3. The summed E-state index contributed by atoms with van der Waals surface area (Å²) in [6.45, 7) is 12.7. The number of benzene rings is 2. The summed E-state index contributed by atoms with van der Waals surface area (Å²) in [6, 6.07) is 12.9. The minimum atomic E-state index is -0.284. The molecular formula is C22H28N2O2. The van der Waals surface area contributed by atoms with Crippen LogP contribution >= 0.6 is 0 Å². The highest BCUT2D eigenvalue weighted by atomic mass is 16.3. The van der Waals surface area contributed by atoms with Crippen LogP contribution in [0.1, 0.15) is 68.6 Å². The van der Waals surface area contributed by atoms with Crippen LogP contribution in [0.4, 0.5) is 0 Å². The molecule has 0 unspecified atom stereocenters. The molecule has 2 aromatic rings. The first kappa shape index (κ1) is 19.7. The number of nitrogens with one attached hydrogen (secondary N) is 1. The number of aromatic hydroxyl groups is 1. The van der Waals surface area contributed by atoms with Crippen LogP contribution in [0.25, 0.3) is 0 Å². The second-order valence-corrected chi connectivity index (χ2v) is 8.55. The molecule has 0 bridgehead atoms. The van der Waals surface area contributed by atoms with Crippen LogP contribution in [0.5, 0.6) is 5.75 Å². The molecule has 1 amide bonds. The number of hydrazone groups is 1. The van der Waals surface area contributed by atoms with Gasteiger partial charge in [-0.1, -0.05) is 59.7 Å². The number of phenols is 1. The summed E-state index contributed by atoms with van der Waals surface area (Å²) in [5.41, 5.74) is 5.89. The van der Waals surface area contributed by atoms with Crippen LogP contribution < -0.4 is 5.43 Å². The smallest absolute Gasteiger partial charge is 0.271 e. The van der Waals surface area contributed by atoms with E-state index in [0.717, 1.165) is 5.56 Å². The maximum absolute atomic E-state index is 12.2. The average molecular weight is 352 g/mol. The average Bonchev–Trinajstić information content (AvgIpc) is 2.54. The molecule has 0 aromatic heterocycles. The van der Waals surface area contributed by atoms with Gasteiger partial charge in [0.25, 0.3) is 5.91 Å². The highest BCUT2D eigenvalue weighted by Crippen LogP contribution is 2.26. The van der Waals surface area contributed by atoms with Crippen molar-refractivity contribution in [3.63, 3.8) is 0 Å². The summed E-state index contributed by atoms with van der Waals surface area (Å²) in [4.78, 5) is 12.2. The fourth-order valence-corrected chi connectivity index (χ4v) is 2.47. The molecule has 0 radical (unpaired) electrons. The van der Waals surface area contributed by atoms with Crippen LogP contribution in [0.3, 0.4) is 0 Å². The third kappa shape index (κ3) is 4.94. The second-order valence-electron chi connectivity index (χ2n) is 8.55. The minimum absolute atomic E-state index is 0.0334. The van der Waals surface area contributed by atoms with Gasteiger partial charge < -0.3 is 5.11 Å². The number of carbonyl (C=O) groups is 1. The Morgan fingerprint density at radius 1 is 0.923 bits per heavy atom. The van der Waals surface area contributed by atoms with Gasteiger partial charge in [0.05, 0.1) is 6.21 Å². The number of hydrogen-bond donors (Lipinski definition) is 2. The van der Waals surface area contributed by atoms with E-state index in [-0.39, 0.29) is 22.5 Å². The number of carbonyl (C=O) groups excluding carboxylic acids is 1. The molecule has 26 heavy (non-hydrogen) atoms. The van der Waals surface area contributed by atoms with Gasteiger partial charge >= 0.3 is 0 Å². The van der Waals surface area contributed by atoms with E-state index in [2.05, 4.69) is 52.1 Å². The van der Waals surface area contributed by atoms with Gasteiger partial charge in [-0.05, 0) is 46.2 Å². The maximum Gasteiger partial charge on any atom is 0.271 e. The van der Waals surface area contributed by atoms with E-state index in [9.17, 15) is 9.90 Å². The fourth-order valence-electron chi connectivity index (χ4n) is 2.47. The predicted octanol–water partition coefficient (Wildman–Crippen LogP) is 4.75. The van der Waals surface area contributed by atoms with Crippen molar-refractivity contribution in [2.75, 3.05) is 0 Å². The predicted molar refractivity (Wildman–Crippen MR) is 107 cm³/mol. The Morgan fingerprint density at radius 3 is 2.00 bits per heavy atom. The third-order valence-corrected chi connectivity index (χ3v) is 4.28. The standard InChI is InChI=1S/C22H28N2O2/c1-21(2,3)17-9-7-15(8-10-17)20(26)24-23-14-16-13-18(22(4,5)6)11-12-19(16)25/h7-14,25H,1-6H3,(H,24,26)/b23-14+. The van der Waals surface area contributed by atoms with Gasteiger partial charge in [-0.25, -0.2) is 5.43 Å². The Bertz CT molecular complexity index is 808. The Kier molecular flexibility index (Phi) is 5.55. The van der Waals surface area contributed by atoms with E-state index in [0.29, 0.717) is 11.1 Å². The SMILES string of the molecule is CC(C)(C)c1ccc(C(=O)N/N=C/c2cc(C(C)(C)C)ccc2O)cc1. The Hall–Kier alpha value is -2.62. The molecule has 0 saturated carbocycles. The zero-order chi connectivity index (χ0) is 19.5. The molecule has 2 rings (SSSR count). The molecule has 0 spiro atoms. The van der Waals surface area contributed by atoms with Crippen molar-refractivity contribution in [1.82, 2.24) is 5.43 Å².